The molecule has 0 spiro atoms. The van der Waals surface area contributed by atoms with Crippen molar-refractivity contribution in [2.45, 2.75) is 141 Å². The quantitative estimate of drug-likeness (QED) is 0.175. The molecule has 0 amide bonds. The van der Waals surface area contributed by atoms with E-state index in [4.69, 9.17) is 10.2 Å². The van der Waals surface area contributed by atoms with Crippen LogP contribution in [0.1, 0.15) is 135 Å². The summed E-state index contributed by atoms with van der Waals surface area (Å²) in [4.78, 5) is 0. The van der Waals surface area contributed by atoms with Crippen LogP contribution in [-0.2, 0) is 0 Å². The van der Waals surface area contributed by atoms with Crippen molar-refractivity contribution < 1.29 is 15.3 Å². The average molecular weight is 387 g/mol. The van der Waals surface area contributed by atoms with Crippen molar-refractivity contribution >= 4 is 0 Å². The van der Waals surface area contributed by atoms with Gasteiger partial charge in [0.15, 0.2) is 0 Å². The van der Waals surface area contributed by atoms with Crippen molar-refractivity contribution in [2.75, 3.05) is 13.2 Å². The van der Waals surface area contributed by atoms with E-state index in [0.717, 1.165) is 25.7 Å². The highest BCUT2D eigenvalue weighted by Gasteiger charge is 2.03. The lowest BCUT2D eigenvalue weighted by Crippen LogP contribution is -2.05. The predicted octanol–water partition coefficient (Wildman–Crippen LogP) is 6.52. The lowest BCUT2D eigenvalue weighted by molar-refractivity contribution is 0.147. The van der Waals surface area contributed by atoms with Crippen LogP contribution in [0.3, 0.4) is 0 Å². The van der Waals surface area contributed by atoms with Crippen LogP contribution in [0.2, 0.25) is 0 Å². The summed E-state index contributed by atoms with van der Waals surface area (Å²) in [5.74, 6) is 0. The van der Waals surface area contributed by atoms with E-state index in [1.54, 1.807) is 0 Å². The Morgan fingerprint density at radius 3 is 0.815 bits per heavy atom. The Morgan fingerprint density at radius 2 is 0.556 bits per heavy atom. The molecule has 1 atom stereocenters. The van der Waals surface area contributed by atoms with E-state index in [1.165, 1.54) is 109 Å². The van der Waals surface area contributed by atoms with Crippen molar-refractivity contribution in [1.29, 1.82) is 0 Å². The first-order valence-electron chi connectivity index (χ1n) is 12.2. The van der Waals surface area contributed by atoms with Crippen LogP contribution in [0, 0.1) is 0 Å². The molecule has 0 aliphatic carbocycles. The van der Waals surface area contributed by atoms with E-state index < -0.39 is 0 Å². The summed E-state index contributed by atoms with van der Waals surface area (Å²) in [5, 5.41) is 27.5. The van der Waals surface area contributed by atoms with Gasteiger partial charge < -0.3 is 15.3 Å². The topological polar surface area (TPSA) is 60.7 Å². The molecule has 0 fully saturated rings. The SMILES string of the molecule is OCCCCCCCCCCCCCC(O)CCCCCCCCCCO. The van der Waals surface area contributed by atoms with Gasteiger partial charge >= 0.3 is 0 Å². The van der Waals surface area contributed by atoms with Crippen molar-refractivity contribution in [1.82, 2.24) is 0 Å². The summed E-state index contributed by atoms with van der Waals surface area (Å²) in [5.41, 5.74) is 0. The maximum Gasteiger partial charge on any atom is 0.0540 e. The average Bonchev–Trinajstić information content (AvgIpc) is 2.67. The van der Waals surface area contributed by atoms with Crippen LogP contribution in [0.15, 0.2) is 0 Å². The number of aliphatic hydroxyl groups is 3. The van der Waals surface area contributed by atoms with Gasteiger partial charge in [-0.15, -0.1) is 0 Å². The second kappa shape index (κ2) is 23.9. The minimum Gasteiger partial charge on any atom is -0.396 e. The van der Waals surface area contributed by atoms with Gasteiger partial charge in [-0.05, 0) is 25.7 Å². The molecule has 3 heteroatoms. The number of rotatable bonds is 23. The largest absolute Gasteiger partial charge is 0.396 e. The van der Waals surface area contributed by atoms with Crippen molar-refractivity contribution in [2.24, 2.45) is 0 Å². The van der Waals surface area contributed by atoms with Crippen LogP contribution >= 0.6 is 0 Å². The third-order valence-electron chi connectivity index (χ3n) is 5.64. The number of hydrogen-bond acceptors (Lipinski definition) is 3. The Balaban J connectivity index is 3.12. The van der Waals surface area contributed by atoms with Gasteiger partial charge in [0.1, 0.15) is 0 Å². The Labute approximate surface area is 170 Å². The molecule has 0 aromatic heterocycles. The molecule has 0 aromatic carbocycles. The molecule has 0 saturated carbocycles. The summed E-state index contributed by atoms with van der Waals surface area (Å²) >= 11 is 0. The Kier molecular flexibility index (Phi) is 23.8. The minimum absolute atomic E-state index is 0.0755. The lowest BCUT2D eigenvalue weighted by atomic mass is 10.0. The minimum atomic E-state index is -0.0755. The summed E-state index contributed by atoms with van der Waals surface area (Å²) in [6.45, 7) is 0.687. The maximum absolute atomic E-state index is 10.1. The van der Waals surface area contributed by atoms with Gasteiger partial charge in [0.25, 0.3) is 0 Å². The molecule has 0 aliphatic heterocycles. The number of unbranched alkanes of at least 4 members (excludes halogenated alkanes) is 17. The summed E-state index contributed by atoms with van der Waals surface area (Å²) in [6.07, 6.45) is 25.6. The van der Waals surface area contributed by atoms with Crippen LogP contribution in [0.5, 0.6) is 0 Å². The van der Waals surface area contributed by atoms with Crippen LogP contribution in [0.4, 0.5) is 0 Å². The smallest absolute Gasteiger partial charge is 0.0540 e. The summed E-state index contributed by atoms with van der Waals surface area (Å²) < 4.78 is 0. The van der Waals surface area contributed by atoms with Gasteiger partial charge in [-0.25, -0.2) is 0 Å². The molecule has 0 heterocycles. The second-order valence-corrected chi connectivity index (χ2v) is 8.40. The molecule has 0 saturated heterocycles. The van der Waals surface area contributed by atoms with E-state index in [2.05, 4.69) is 0 Å². The molecule has 3 nitrogen and oxygen atoms in total. The highest BCUT2D eigenvalue weighted by Crippen LogP contribution is 2.15. The third-order valence-corrected chi connectivity index (χ3v) is 5.64. The molecule has 0 rings (SSSR count). The zero-order valence-electron chi connectivity index (χ0n) is 18.2. The van der Waals surface area contributed by atoms with Gasteiger partial charge in [-0.3, -0.25) is 0 Å². The van der Waals surface area contributed by atoms with E-state index in [0.29, 0.717) is 13.2 Å². The Hall–Kier alpha value is -0.120. The first kappa shape index (κ1) is 26.9. The molecule has 27 heavy (non-hydrogen) atoms. The van der Waals surface area contributed by atoms with Crippen LogP contribution in [0.25, 0.3) is 0 Å². The fourth-order valence-electron chi connectivity index (χ4n) is 3.78. The highest BCUT2D eigenvalue weighted by atomic mass is 16.3. The fraction of sp³-hybridized carbons (Fsp3) is 1.00. The molecular formula is C24H50O3. The van der Waals surface area contributed by atoms with Crippen LogP contribution < -0.4 is 0 Å². The van der Waals surface area contributed by atoms with E-state index in [-0.39, 0.29) is 6.10 Å². The molecule has 0 aromatic rings. The zero-order valence-corrected chi connectivity index (χ0v) is 18.2. The molecular weight excluding hydrogens is 336 g/mol. The van der Waals surface area contributed by atoms with E-state index in [9.17, 15) is 5.11 Å². The van der Waals surface area contributed by atoms with Gasteiger partial charge in [-0.2, -0.15) is 0 Å². The molecule has 3 N–H and O–H groups in total. The number of hydrogen-bond donors (Lipinski definition) is 3. The fourth-order valence-corrected chi connectivity index (χ4v) is 3.78. The van der Waals surface area contributed by atoms with Gasteiger partial charge in [0, 0.05) is 13.2 Å². The number of aliphatic hydroxyl groups excluding tert-OH is 3. The zero-order chi connectivity index (χ0) is 19.8. The monoisotopic (exact) mass is 386 g/mol. The standard InChI is InChI=1S/C24H50O3/c25-22-18-14-10-6-3-1-2-4-8-12-16-20-24(27)21-17-13-9-5-7-11-15-19-23-26/h24-27H,1-23H2. The third kappa shape index (κ3) is 23.8. The van der Waals surface area contributed by atoms with Gasteiger partial charge in [0.2, 0.25) is 0 Å². The van der Waals surface area contributed by atoms with E-state index in [1.807, 2.05) is 0 Å². The first-order valence-corrected chi connectivity index (χ1v) is 12.2. The highest BCUT2D eigenvalue weighted by molar-refractivity contribution is 4.58. The van der Waals surface area contributed by atoms with Gasteiger partial charge in [0.05, 0.1) is 6.10 Å². The van der Waals surface area contributed by atoms with Crippen molar-refractivity contribution in [3.05, 3.63) is 0 Å². The molecule has 0 radical (unpaired) electrons. The molecule has 1 unspecified atom stereocenters. The first-order chi connectivity index (χ1) is 13.3. The van der Waals surface area contributed by atoms with E-state index >= 15 is 0 Å². The van der Waals surface area contributed by atoms with Gasteiger partial charge in [-0.1, -0.05) is 109 Å². The molecule has 0 bridgehead atoms. The van der Waals surface area contributed by atoms with Crippen molar-refractivity contribution in [3.63, 3.8) is 0 Å². The lowest BCUT2D eigenvalue weighted by Gasteiger charge is -2.10. The van der Waals surface area contributed by atoms with Crippen molar-refractivity contribution in [3.8, 4) is 0 Å². The molecule has 164 valence electrons. The predicted molar refractivity (Wildman–Crippen MR) is 117 cm³/mol. The summed E-state index contributed by atoms with van der Waals surface area (Å²) in [6, 6.07) is 0. The molecule has 0 aliphatic rings. The summed E-state index contributed by atoms with van der Waals surface area (Å²) in [7, 11) is 0. The van der Waals surface area contributed by atoms with Crippen LogP contribution in [-0.4, -0.2) is 34.6 Å². The maximum atomic E-state index is 10.1. The second-order valence-electron chi connectivity index (χ2n) is 8.40. The normalized spacial score (nSPS) is 12.6. The Bertz CT molecular complexity index is 258. The Morgan fingerprint density at radius 1 is 0.333 bits per heavy atom.